The van der Waals surface area contributed by atoms with Gasteiger partial charge in [-0.2, -0.15) is 13.2 Å². The Kier molecular flexibility index (Phi) is 2.01. The van der Waals surface area contributed by atoms with Crippen molar-refractivity contribution in [3.63, 3.8) is 0 Å². The van der Waals surface area contributed by atoms with Crippen molar-refractivity contribution in [3.8, 4) is 0 Å². The maximum atomic E-state index is 12.8. The number of benzene rings is 1. The summed E-state index contributed by atoms with van der Waals surface area (Å²) in [7, 11) is 0. The fraction of sp³-hybridized carbons (Fsp3) is 0.364. The molecule has 17 heavy (non-hydrogen) atoms. The first kappa shape index (κ1) is 10.6. The standard InChI is InChI=1S/C11H10F3N3/c12-11(13,14)7-2-1-3-8-10(7)16-9-4-6(15)5-17(8)9/h1-3,6H,4-5,15H2. The van der Waals surface area contributed by atoms with Crippen LogP contribution in [0.25, 0.3) is 11.0 Å². The molecule has 3 nitrogen and oxygen atoms in total. The molecule has 2 N–H and O–H groups in total. The lowest BCUT2D eigenvalue weighted by molar-refractivity contribution is -0.136. The summed E-state index contributed by atoms with van der Waals surface area (Å²) in [6.45, 7) is 0.535. The Morgan fingerprint density at radius 2 is 2.12 bits per heavy atom. The van der Waals surface area contributed by atoms with Crippen LogP contribution in [0.3, 0.4) is 0 Å². The number of nitrogens with two attached hydrogens (primary N) is 1. The van der Waals surface area contributed by atoms with Crippen LogP contribution >= 0.6 is 0 Å². The van der Waals surface area contributed by atoms with Crippen molar-refractivity contribution in [2.45, 2.75) is 25.2 Å². The normalized spacial score (nSPS) is 19.9. The number of hydrogen-bond donors (Lipinski definition) is 1. The number of rotatable bonds is 0. The fourth-order valence-corrected chi connectivity index (χ4v) is 2.32. The molecule has 1 aromatic heterocycles. The average Bonchev–Trinajstić information content (AvgIpc) is 2.71. The van der Waals surface area contributed by atoms with Gasteiger partial charge in [0.2, 0.25) is 0 Å². The Bertz CT molecular complexity index is 585. The topological polar surface area (TPSA) is 43.8 Å². The van der Waals surface area contributed by atoms with Crippen molar-refractivity contribution >= 4 is 11.0 Å². The molecule has 0 saturated carbocycles. The molecule has 1 aliphatic heterocycles. The lowest BCUT2D eigenvalue weighted by Gasteiger charge is -2.08. The number of alkyl halides is 3. The van der Waals surface area contributed by atoms with Crippen LogP contribution in [-0.4, -0.2) is 15.6 Å². The number of fused-ring (bicyclic) bond motifs is 3. The van der Waals surface area contributed by atoms with Gasteiger partial charge in [0.05, 0.1) is 11.1 Å². The minimum atomic E-state index is -4.36. The zero-order valence-corrected chi connectivity index (χ0v) is 8.83. The van der Waals surface area contributed by atoms with Gasteiger partial charge < -0.3 is 10.3 Å². The van der Waals surface area contributed by atoms with Gasteiger partial charge in [0, 0.05) is 19.0 Å². The Hall–Kier alpha value is -1.56. The zero-order valence-electron chi connectivity index (χ0n) is 8.83. The molecule has 1 aromatic carbocycles. The van der Waals surface area contributed by atoms with Crippen molar-refractivity contribution in [1.29, 1.82) is 0 Å². The second kappa shape index (κ2) is 3.22. The zero-order chi connectivity index (χ0) is 12.2. The van der Waals surface area contributed by atoms with Gasteiger partial charge in [0.15, 0.2) is 0 Å². The van der Waals surface area contributed by atoms with Crippen molar-refractivity contribution in [3.05, 3.63) is 29.6 Å². The molecule has 90 valence electrons. The van der Waals surface area contributed by atoms with E-state index in [-0.39, 0.29) is 11.6 Å². The van der Waals surface area contributed by atoms with Crippen molar-refractivity contribution in [2.75, 3.05) is 0 Å². The molecule has 1 unspecified atom stereocenters. The number of nitrogens with zero attached hydrogens (tertiary/aromatic N) is 2. The molecule has 0 radical (unpaired) electrons. The van der Waals surface area contributed by atoms with Gasteiger partial charge in [-0.15, -0.1) is 0 Å². The maximum Gasteiger partial charge on any atom is 0.418 e. The fourth-order valence-electron chi connectivity index (χ4n) is 2.32. The lowest BCUT2D eigenvalue weighted by atomic mass is 10.1. The van der Waals surface area contributed by atoms with Crippen LogP contribution in [0.4, 0.5) is 13.2 Å². The van der Waals surface area contributed by atoms with Crippen molar-refractivity contribution < 1.29 is 13.2 Å². The van der Waals surface area contributed by atoms with E-state index in [1.54, 1.807) is 10.6 Å². The lowest BCUT2D eigenvalue weighted by Crippen LogP contribution is -2.21. The van der Waals surface area contributed by atoms with Crippen LogP contribution in [0, 0.1) is 0 Å². The number of aromatic nitrogens is 2. The van der Waals surface area contributed by atoms with E-state index in [2.05, 4.69) is 4.98 Å². The van der Waals surface area contributed by atoms with Gasteiger partial charge in [-0.1, -0.05) is 6.07 Å². The van der Waals surface area contributed by atoms with E-state index in [4.69, 9.17) is 5.73 Å². The molecule has 0 bridgehead atoms. The minimum absolute atomic E-state index is 0.0295. The highest BCUT2D eigenvalue weighted by Crippen LogP contribution is 2.35. The van der Waals surface area contributed by atoms with Crippen LogP contribution in [0.5, 0.6) is 0 Å². The Balaban J connectivity index is 2.27. The predicted molar refractivity (Wildman–Crippen MR) is 56.4 cm³/mol. The number of hydrogen-bond acceptors (Lipinski definition) is 2. The molecule has 0 amide bonds. The van der Waals surface area contributed by atoms with E-state index in [0.717, 1.165) is 6.07 Å². The van der Waals surface area contributed by atoms with Crippen molar-refractivity contribution in [2.24, 2.45) is 5.73 Å². The number of halogens is 3. The summed E-state index contributed by atoms with van der Waals surface area (Å²) in [6.07, 6.45) is -3.83. The first-order valence-corrected chi connectivity index (χ1v) is 5.28. The summed E-state index contributed by atoms with van der Waals surface area (Å²) < 4.78 is 40.1. The van der Waals surface area contributed by atoms with E-state index in [9.17, 15) is 13.2 Å². The predicted octanol–water partition coefficient (Wildman–Crippen LogP) is 1.94. The summed E-state index contributed by atoms with van der Waals surface area (Å²) in [5, 5.41) is 0. The number of imidazole rings is 1. The number of para-hydroxylation sites is 1. The third-order valence-corrected chi connectivity index (χ3v) is 3.03. The van der Waals surface area contributed by atoms with Gasteiger partial charge >= 0.3 is 6.18 Å². The molecular formula is C11H10F3N3. The molecule has 1 atom stereocenters. The SMILES string of the molecule is NC1Cc2nc3c(C(F)(F)F)cccc3n2C1. The summed E-state index contributed by atoms with van der Waals surface area (Å²) >= 11 is 0. The van der Waals surface area contributed by atoms with Crippen LogP contribution in [0.1, 0.15) is 11.4 Å². The van der Waals surface area contributed by atoms with Crippen molar-refractivity contribution in [1.82, 2.24) is 9.55 Å². The van der Waals surface area contributed by atoms with E-state index in [1.165, 1.54) is 6.07 Å². The van der Waals surface area contributed by atoms with Gasteiger partial charge in [-0.25, -0.2) is 4.98 Å². The van der Waals surface area contributed by atoms with Crippen LogP contribution < -0.4 is 5.73 Å². The Morgan fingerprint density at radius 1 is 1.35 bits per heavy atom. The summed E-state index contributed by atoms with van der Waals surface area (Å²) in [4.78, 5) is 4.07. The molecule has 0 aliphatic carbocycles. The highest BCUT2D eigenvalue weighted by molar-refractivity contribution is 5.80. The summed E-state index contributed by atoms with van der Waals surface area (Å²) in [5.74, 6) is 0.643. The van der Waals surface area contributed by atoms with Crippen LogP contribution in [0.15, 0.2) is 18.2 Å². The first-order chi connectivity index (χ1) is 7.97. The largest absolute Gasteiger partial charge is 0.418 e. The van der Waals surface area contributed by atoms with Gasteiger partial charge in [0.25, 0.3) is 0 Å². The highest BCUT2D eigenvalue weighted by atomic mass is 19.4. The summed E-state index contributed by atoms with van der Waals surface area (Å²) in [5.41, 5.74) is 5.63. The quantitative estimate of drug-likeness (QED) is 0.766. The molecule has 3 rings (SSSR count). The monoisotopic (exact) mass is 241 g/mol. The highest BCUT2D eigenvalue weighted by Gasteiger charge is 2.35. The van der Waals surface area contributed by atoms with E-state index in [1.807, 2.05) is 0 Å². The second-order valence-corrected chi connectivity index (χ2v) is 4.27. The third-order valence-electron chi connectivity index (χ3n) is 3.03. The van der Waals surface area contributed by atoms with Gasteiger partial charge in [-0.3, -0.25) is 0 Å². The third kappa shape index (κ3) is 1.51. The minimum Gasteiger partial charge on any atom is -0.326 e. The van der Waals surface area contributed by atoms with E-state index >= 15 is 0 Å². The Morgan fingerprint density at radius 3 is 2.82 bits per heavy atom. The second-order valence-electron chi connectivity index (χ2n) is 4.27. The molecule has 1 aliphatic rings. The first-order valence-electron chi connectivity index (χ1n) is 5.28. The molecule has 0 saturated heterocycles. The molecule has 2 heterocycles. The van der Waals surface area contributed by atoms with Crippen LogP contribution in [-0.2, 0) is 19.1 Å². The molecule has 0 fully saturated rings. The van der Waals surface area contributed by atoms with E-state index in [0.29, 0.717) is 24.3 Å². The Labute approximate surface area is 95.0 Å². The smallest absolute Gasteiger partial charge is 0.326 e. The molecular weight excluding hydrogens is 231 g/mol. The van der Waals surface area contributed by atoms with Crippen LogP contribution in [0.2, 0.25) is 0 Å². The average molecular weight is 241 g/mol. The van der Waals surface area contributed by atoms with E-state index < -0.39 is 11.7 Å². The molecule has 6 heteroatoms. The van der Waals surface area contributed by atoms with Gasteiger partial charge in [-0.05, 0) is 12.1 Å². The van der Waals surface area contributed by atoms with Gasteiger partial charge in [0.1, 0.15) is 11.3 Å². The summed E-state index contributed by atoms with van der Waals surface area (Å²) in [6, 6.07) is 4.07. The maximum absolute atomic E-state index is 12.8. The molecule has 2 aromatic rings. The molecule has 0 spiro atoms.